The fourth-order valence-corrected chi connectivity index (χ4v) is 4.69. The van der Waals surface area contributed by atoms with Crippen LogP contribution in [0, 0.1) is 0 Å². The lowest BCUT2D eigenvalue weighted by molar-refractivity contribution is 0.126. The maximum Gasteiger partial charge on any atom is 0.208 e. The van der Waals surface area contributed by atoms with Crippen LogP contribution in [-0.4, -0.2) is 84.0 Å². The van der Waals surface area contributed by atoms with Crippen LogP contribution in [0.3, 0.4) is 0 Å². The molecule has 0 aliphatic carbocycles. The van der Waals surface area contributed by atoms with Gasteiger partial charge in [0.25, 0.3) is 0 Å². The van der Waals surface area contributed by atoms with Crippen LogP contribution in [0.15, 0.2) is 53.7 Å². The maximum absolute atomic E-state index is 10.5. The van der Waals surface area contributed by atoms with Crippen LogP contribution in [-0.2, 0) is 6.42 Å². The summed E-state index contributed by atoms with van der Waals surface area (Å²) in [6, 6.07) is 16.3. The summed E-state index contributed by atoms with van der Waals surface area (Å²) in [6.07, 6.45) is 0.188. The Morgan fingerprint density at radius 2 is 1.79 bits per heavy atom. The lowest BCUT2D eigenvalue weighted by Crippen LogP contribution is -2.48. The van der Waals surface area contributed by atoms with Gasteiger partial charge in [-0.3, -0.25) is 10.00 Å². The molecule has 2 N–H and O–H groups in total. The number of piperazine rings is 1. The highest BCUT2D eigenvalue weighted by Crippen LogP contribution is 2.28. The van der Waals surface area contributed by atoms with Gasteiger partial charge in [-0.05, 0) is 29.8 Å². The van der Waals surface area contributed by atoms with E-state index >= 15 is 0 Å². The number of H-pyrrole nitrogens is 1. The molecule has 2 heterocycles. The highest BCUT2D eigenvalue weighted by molar-refractivity contribution is 7.99. The minimum Gasteiger partial charge on any atom is -0.493 e. The van der Waals surface area contributed by atoms with Crippen molar-refractivity contribution in [1.82, 2.24) is 20.1 Å². The number of hydrogen-bond acceptors (Lipinski definition) is 8. The first-order valence-electron chi connectivity index (χ1n) is 11.1. The molecule has 1 aliphatic rings. The van der Waals surface area contributed by atoms with Crippen LogP contribution in [0.25, 0.3) is 0 Å². The maximum atomic E-state index is 10.5. The summed E-state index contributed by atoms with van der Waals surface area (Å²) in [5, 5.41) is 18.5. The molecule has 0 saturated carbocycles. The van der Waals surface area contributed by atoms with Crippen molar-refractivity contribution in [2.24, 2.45) is 0 Å². The van der Waals surface area contributed by atoms with Gasteiger partial charge in [0, 0.05) is 50.6 Å². The lowest BCUT2D eigenvalue weighted by atomic mass is 10.1. The number of thioether (sulfide) groups is 1. The first kappa shape index (κ1) is 23.4. The molecule has 4 rings (SSSR count). The normalized spacial score (nSPS) is 15.4. The number of aliphatic hydroxyl groups excluding tert-OH is 1. The molecular formula is C24H31N5O3S. The van der Waals surface area contributed by atoms with Gasteiger partial charge in [0.15, 0.2) is 11.5 Å². The molecule has 1 aliphatic heterocycles. The van der Waals surface area contributed by atoms with Gasteiger partial charge in [0.2, 0.25) is 5.16 Å². The first-order valence-corrected chi connectivity index (χ1v) is 12.1. The summed E-state index contributed by atoms with van der Waals surface area (Å²) in [6.45, 7) is 4.52. The Hall–Kier alpha value is -2.75. The van der Waals surface area contributed by atoms with E-state index in [0.717, 1.165) is 37.6 Å². The fourth-order valence-electron chi connectivity index (χ4n) is 3.95. The second-order valence-electron chi connectivity index (χ2n) is 8.02. The summed E-state index contributed by atoms with van der Waals surface area (Å²) >= 11 is 1.47. The van der Waals surface area contributed by atoms with E-state index in [1.807, 2.05) is 24.3 Å². The Morgan fingerprint density at radius 3 is 2.52 bits per heavy atom. The standard InChI is InChI=1S/C24H31N5O3S/c1-31-21-9-8-18(14-22(21)32-2)15-23-25-24(27-26-23)33-17-20(30)16-28-10-12-29(13-11-28)19-6-4-3-5-7-19/h3-9,14,20,30H,10-13,15-17H2,1-2H3,(H,25,26,27). The van der Waals surface area contributed by atoms with Gasteiger partial charge >= 0.3 is 0 Å². The number of aromatic amines is 1. The Labute approximate surface area is 198 Å². The van der Waals surface area contributed by atoms with Gasteiger partial charge < -0.3 is 19.5 Å². The molecule has 1 saturated heterocycles. The zero-order chi connectivity index (χ0) is 23.0. The van der Waals surface area contributed by atoms with Gasteiger partial charge in [0.05, 0.1) is 20.3 Å². The lowest BCUT2D eigenvalue weighted by Gasteiger charge is -2.36. The number of aliphatic hydroxyl groups is 1. The first-order chi connectivity index (χ1) is 16.1. The molecule has 1 fully saturated rings. The Bertz CT molecular complexity index is 1010. The predicted octanol–water partition coefficient (Wildman–Crippen LogP) is 2.69. The third kappa shape index (κ3) is 6.40. The number of ether oxygens (including phenoxy) is 2. The molecule has 0 radical (unpaired) electrons. The predicted molar refractivity (Wildman–Crippen MR) is 131 cm³/mol. The molecule has 8 nitrogen and oxygen atoms in total. The van der Waals surface area contributed by atoms with Crippen molar-refractivity contribution in [3.05, 3.63) is 59.9 Å². The molecular weight excluding hydrogens is 438 g/mol. The van der Waals surface area contributed by atoms with Gasteiger partial charge in [-0.2, -0.15) is 0 Å². The van der Waals surface area contributed by atoms with Crippen LogP contribution in [0.5, 0.6) is 11.5 Å². The largest absolute Gasteiger partial charge is 0.493 e. The quantitative estimate of drug-likeness (QED) is 0.439. The van der Waals surface area contributed by atoms with Gasteiger partial charge in [0.1, 0.15) is 5.82 Å². The van der Waals surface area contributed by atoms with E-state index in [1.165, 1.54) is 17.4 Å². The third-order valence-electron chi connectivity index (χ3n) is 5.70. The molecule has 1 aromatic heterocycles. The summed E-state index contributed by atoms with van der Waals surface area (Å²) < 4.78 is 10.7. The van der Waals surface area contributed by atoms with Crippen LogP contribution in [0.4, 0.5) is 5.69 Å². The van der Waals surface area contributed by atoms with E-state index in [4.69, 9.17) is 9.47 Å². The molecule has 1 unspecified atom stereocenters. The van der Waals surface area contributed by atoms with E-state index in [1.54, 1.807) is 14.2 Å². The molecule has 2 aromatic carbocycles. The molecule has 3 aromatic rings. The molecule has 0 bridgehead atoms. The Balaban J connectivity index is 1.21. The molecule has 1 atom stereocenters. The second kappa shape index (κ2) is 11.4. The number of aromatic nitrogens is 3. The summed E-state index contributed by atoms with van der Waals surface area (Å²) in [5.74, 6) is 2.73. The molecule has 33 heavy (non-hydrogen) atoms. The number of nitrogens with zero attached hydrogens (tertiary/aromatic N) is 4. The van der Waals surface area contributed by atoms with E-state index in [2.05, 4.69) is 49.2 Å². The van der Waals surface area contributed by atoms with Crippen molar-refractivity contribution in [2.75, 3.05) is 57.6 Å². The number of hydrogen-bond donors (Lipinski definition) is 2. The SMILES string of the molecule is COc1ccc(Cc2nc(SCC(O)CN3CCN(c4ccccc4)CC3)n[nH]2)cc1OC. The highest BCUT2D eigenvalue weighted by Gasteiger charge is 2.20. The fraction of sp³-hybridized carbons (Fsp3) is 0.417. The van der Waals surface area contributed by atoms with Crippen molar-refractivity contribution in [1.29, 1.82) is 0 Å². The highest BCUT2D eigenvalue weighted by atomic mass is 32.2. The molecule has 0 amide bonds. The topological polar surface area (TPSA) is 86.7 Å². The Kier molecular flexibility index (Phi) is 8.09. The molecule has 176 valence electrons. The van der Waals surface area contributed by atoms with Crippen molar-refractivity contribution in [2.45, 2.75) is 17.7 Å². The average molecular weight is 470 g/mol. The average Bonchev–Trinajstić information content (AvgIpc) is 3.31. The number of rotatable bonds is 10. The summed E-state index contributed by atoms with van der Waals surface area (Å²) in [4.78, 5) is 9.28. The number of anilines is 1. The number of benzene rings is 2. The minimum atomic E-state index is -0.425. The van der Waals surface area contributed by atoms with Crippen molar-refractivity contribution < 1.29 is 14.6 Å². The monoisotopic (exact) mass is 469 g/mol. The summed E-state index contributed by atoms with van der Waals surface area (Å²) in [5.41, 5.74) is 2.32. The minimum absolute atomic E-state index is 0.425. The van der Waals surface area contributed by atoms with Crippen LogP contribution in [0.1, 0.15) is 11.4 Å². The van der Waals surface area contributed by atoms with Crippen LogP contribution < -0.4 is 14.4 Å². The van der Waals surface area contributed by atoms with Crippen molar-refractivity contribution in [3.8, 4) is 11.5 Å². The van der Waals surface area contributed by atoms with Crippen molar-refractivity contribution in [3.63, 3.8) is 0 Å². The zero-order valence-electron chi connectivity index (χ0n) is 19.1. The zero-order valence-corrected chi connectivity index (χ0v) is 19.9. The van der Waals surface area contributed by atoms with E-state index in [-0.39, 0.29) is 0 Å². The molecule has 9 heteroatoms. The van der Waals surface area contributed by atoms with E-state index in [0.29, 0.717) is 35.4 Å². The smallest absolute Gasteiger partial charge is 0.208 e. The third-order valence-corrected chi connectivity index (χ3v) is 6.69. The van der Waals surface area contributed by atoms with Crippen LogP contribution >= 0.6 is 11.8 Å². The van der Waals surface area contributed by atoms with Crippen molar-refractivity contribution >= 4 is 17.4 Å². The number of para-hydroxylation sites is 1. The number of methoxy groups -OCH3 is 2. The molecule has 0 spiro atoms. The van der Waals surface area contributed by atoms with E-state index in [9.17, 15) is 5.11 Å². The van der Waals surface area contributed by atoms with Crippen LogP contribution in [0.2, 0.25) is 0 Å². The second-order valence-corrected chi connectivity index (χ2v) is 9.01. The number of β-amino-alcohol motifs (C(OH)–C–C–N with tert-alkyl or cyclic N) is 1. The van der Waals surface area contributed by atoms with Gasteiger partial charge in [-0.15, -0.1) is 5.10 Å². The van der Waals surface area contributed by atoms with E-state index < -0.39 is 6.10 Å². The Morgan fingerprint density at radius 1 is 1.03 bits per heavy atom. The number of nitrogens with one attached hydrogen (secondary N) is 1. The van der Waals surface area contributed by atoms with Gasteiger partial charge in [-0.25, -0.2) is 4.98 Å². The summed E-state index contributed by atoms with van der Waals surface area (Å²) in [7, 11) is 3.25. The van der Waals surface area contributed by atoms with Gasteiger partial charge in [-0.1, -0.05) is 36.0 Å².